The van der Waals surface area contributed by atoms with Crippen LogP contribution in [0.1, 0.15) is 6.92 Å². The largest absolute Gasteiger partial charge is 0.497 e. The molecule has 1 aromatic carbocycles. The minimum absolute atomic E-state index is 0.0526. The number of allylic oxidation sites excluding steroid dienone is 1. The number of ether oxygens (including phenoxy) is 1. The van der Waals surface area contributed by atoms with Crippen molar-refractivity contribution in [1.29, 1.82) is 5.26 Å². The van der Waals surface area contributed by atoms with Gasteiger partial charge in [-0.2, -0.15) is 5.26 Å². The molecule has 0 bridgehead atoms. The first-order chi connectivity index (χ1) is 10.8. The molecule has 0 radical (unpaired) electrons. The van der Waals surface area contributed by atoms with E-state index < -0.39 is 26.8 Å². The van der Waals surface area contributed by atoms with Gasteiger partial charge in [0.2, 0.25) is 0 Å². The molecule has 0 fully saturated rings. The van der Waals surface area contributed by atoms with Crippen LogP contribution < -0.4 is 14.8 Å². The highest BCUT2D eigenvalue weighted by molar-refractivity contribution is 7.89. The summed E-state index contributed by atoms with van der Waals surface area (Å²) in [6.07, 6.45) is 2.50. The van der Waals surface area contributed by atoms with Crippen LogP contribution in [0.15, 0.2) is 40.0 Å². The molecule has 0 saturated heterocycles. The van der Waals surface area contributed by atoms with Gasteiger partial charge in [-0.3, -0.25) is 9.71 Å². The van der Waals surface area contributed by atoms with Crippen LogP contribution in [0.25, 0.3) is 0 Å². The quantitative estimate of drug-likeness (QED) is 0.725. The number of sulfonamides is 1. The number of halogens is 1. The summed E-state index contributed by atoms with van der Waals surface area (Å²) in [5.74, 6) is -0.706. The molecule has 0 heterocycles. The van der Waals surface area contributed by atoms with E-state index in [1.165, 1.54) is 32.6 Å². The molecular formula is C14H17FN4O3S. The Labute approximate surface area is 134 Å². The van der Waals surface area contributed by atoms with Gasteiger partial charge in [-0.1, -0.05) is 0 Å². The summed E-state index contributed by atoms with van der Waals surface area (Å²) in [7, 11) is -1.39. The normalized spacial score (nSPS) is 13.4. The van der Waals surface area contributed by atoms with Crippen LogP contribution in [0.2, 0.25) is 0 Å². The molecule has 23 heavy (non-hydrogen) atoms. The Morgan fingerprint density at radius 2 is 2.22 bits per heavy atom. The zero-order chi connectivity index (χ0) is 17.5. The summed E-state index contributed by atoms with van der Waals surface area (Å²) >= 11 is 0. The van der Waals surface area contributed by atoms with Crippen molar-refractivity contribution in [3.63, 3.8) is 0 Å². The minimum atomic E-state index is -4.19. The number of nitriles is 1. The molecular weight excluding hydrogens is 323 g/mol. The molecule has 0 amide bonds. The van der Waals surface area contributed by atoms with Crippen molar-refractivity contribution in [2.75, 3.05) is 14.2 Å². The second-order valence-electron chi connectivity index (χ2n) is 4.41. The minimum Gasteiger partial charge on any atom is -0.497 e. The molecule has 0 aliphatic carbocycles. The molecule has 2 N–H and O–H groups in total. The number of hydrogen-bond donors (Lipinski definition) is 2. The first-order valence-electron chi connectivity index (χ1n) is 6.48. The Morgan fingerprint density at radius 3 is 2.78 bits per heavy atom. The third kappa shape index (κ3) is 5.27. The number of hydrogen-bond acceptors (Lipinski definition) is 6. The van der Waals surface area contributed by atoms with Crippen molar-refractivity contribution in [2.24, 2.45) is 4.99 Å². The van der Waals surface area contributed by atoms with Crippen molar-refractivity contribution < 1.29 is 17.5 Å². The Bertz CT molecular complexity index is 754. The molecule has 1 aromatic rings. The first-order valence-corrected chi connectivity index (χ1v) is 7.96. The Kier molecular flexibility index (Phi) is 6.53. The monoisotopic (exact) mass is 340 g/mol. The third-order valence-corrected chi connectivity index (χ3v) is 4.03. The van der Waals surface area contributed by atoms with Crippen LogP contribution in [0, 0.1) is 17.1 Å². The first kappa shape index (κ1) is 18.4. The predicted octanol–water partition coefficient (Wildman–Crippen LogP) is 1.16. The van der Waals surface area contributed by atoms with Crippen molar-refractivity contribution in [2.45, 2.75) is 17.9 Å². The van der Waals surface area contributed by atoms with E-state index in [1.54, 1.807) is 6.92 Å². The molecule has 124 valence electrons. The summed E-state index contributed by atoms with van der Waals surface area (Å²) in [5, 5.41) is 11.4. The van der Waals surface area contributed by atoms with Crippen LogP contribution in [0.5, 0.6) is 5.75 Å². The highest BCUT2D eigenvalue weighted by Crippen LogP contribution is 2.21. The van der Waals surface area contributed by atoms with Crippen LogP contribution in [-0.4, -0.2) is 34.8 Å². The molecule has 7 nitrogen and oxygen atoms in total. The van der Waals surface area contributed by atoms with Gasteiger partial charge in [-0.25, -0.2) is 12.8 Å². The Morgan fingerprint density at radius 1 is 1.52 bits per heavy atom. The second-order valence-corrected chi connectivity index (χ2v) is 6.06. The van der Waals surface area contributed by atoms with Gasteiger partial charge in [0.15, 0.2) is 0 Å². The van der Waals surface area contributed by atoms with E-state index in [9.17, 15) is 12.8 Å². The fourth-order valence-corrected chi connectivity index (χ4v) is 2.64. The summed E-state index contributed by atoms with van der Waals surface area (Å²) in [5.41, 5.74) is 0.0526. The van der Waals surface area contributed by atoms with Crippen molar-refractivity contribution in [3.05, 3.63) is 35.9 Å². The lowest BCUT2D eigenvalue weighted by molar-refractivity contribution is 0.411. The van der Waals surface area contributed by atoms with Gasteiger partial charge in [-0.15, -0.1) is 0 Å². The topological polar surface area (TPSA) is 104 Å². The lowest BCUT2D eigenvalue weighted by Crippen LogP contribution is -2.28. The molecule has 1 atom stereocenters. The van der Waals surface area contributed by atoms with Crippen molar-refractivity contribution in [3.8, 4) is 11.8 Å². The van der Waals surface area contributed by atoms with Gasteiger partial charge in [-0.05, 0) is 19.1 Å². The molecule has 1 rings (SSSR count). The molecule has 0 spiro atoms. The SMILES string of the molecule is CN=CC(=CNC(C)C#N)NS(=O)(=O)c1cc(OC)ccc1F. The van der Waals surface area contributed by atoms with Crippen LogP contribution in [-0.2, 0) is 10.0 Å². The second kappa shape index (κ2) is 8.14. The van der Waals surface area contributed by atoms with Crippen LogP contribution in [0.4, 0.5) is 4.39 Å². The van der Waals surface area contributed by atoms with Gasteiger partial charge in [0.25, 0.3) is 10.0 Å². The standard InChI is InChI=1S/C14H17FN4O3S/c1-10(7-16)18-9-11(8-17-2)19-23(20,21)14-6-12(22-3)4-5-13(14)15/h4-6,8-10,18-19H,1-3H3. The molecule has 0 aliphatic rings. The molecule has 9 heteroatoms. The van der Waals surface area contributed by atoms with Crippen LogP contribution in [0.3, 0.4) is 0 Å². The van der Waals surface area contributed by atoms with Gasteiger partial charge < -0.3 is 10.1 Å². The zero-order valence-corrected chi connectivity index (χ0v) is 13.7. The van der Waals surface area contributed by atoms with E-state index in [2.05, 4.69) is 15.0 Å². The molecule has 0 saturated carbocycles. The molecule has 0 aromatic heterocycles. The van der Waals surface area contributed by atoms with Gasteiger partial charge in [0.05, 0.1) is 18.9 Å². The fraction of sp³-hybridized carbons (Fsp3) is 0.286. The lowest BCUT2D eigenvalue weighted by Gasteiger charge is -2.11. The average molecular weight is 340 g/mol. The van der Waals surface area contributed by atoms with E-state index in [1.807, 2.05) is 6.07 Å². The van der Waals surface area contributed by atoms with E-state index in [4.69, 9.17) is 10.00 Å². The maximum atomic E-state index is 13.8. The highest BCUT2D eigenvalue weighted by Gasteiger charge is 2.20. The zero-order valence-electron chi connectivity index (χ0n) is 12.9. The summed E-state index contributed by atoms with van der Waals surface area (Å²) < 4.78 is 45.6. The fourth-order valence-electron chi connectivity index (χ4n) is 1.51. The number of benzene rings is 1. The van der Waals surface area contributed by atoms with Crippen molar-refractivity contribution in [1.82, 2.24) is 10.0 Å². The maximum absolute atomic E-state index is 13.8. The summed E-state index contributed by atoms with van der Waals surface area (Å²) in [4.78, 5) is 3.16. The summed E-state index contributed by atoms with van der Waals surface area (Å²) in [6, 6.07) is 4.78. The van der Waals surface area contributed by atoms with Crippen molar-refractivity contribution >= 4 is 16.2 Å². The average Bonchev–Trinajstić information content (AvgIpc) is 2.52. The highest BCUT2D eigenvalue weighted by atomic mass is 32.2. The smallest absolute Gasteiger partial charge is 0.265 e. The van der Waals surface area contributed by atoms with Gasteiger partial charge in [0.1, 0.15) is 22.5 Å². The van der Waals surface area contributed by atoms with E-state index in [-0.39, 0.29) is 11.4 Å². The third-order valence-electron chi connectivity index (χ3n) is 2.63. The molecule has 0 aliphatic heterocycles. The van der Waals surface area contributed by atoms with Gasteiger partial charge >= 0.3 is 0 Å². The Hall–Kier alpha value is -2.60. The van der Waals surface area contributed by atoms with E-state index in [0.29, 0.717) is 0 Å². The Balaban J connectivity index is 3.14. The maximum Gasteiger partial charge on any atom is 0.265 e. The number of nitrogens with one attached hydrogen (secondary N) is 2. The van der Waals surface area contributed by atoms with Gasteiger partial charge in [0, 0.05) is 25.5 Å². The lowest BCUT2D eigenvalue weighted by atomic mass is 10.3. The summed E-state index contributed by atoms with van der Waals surface area (Å²) in [6.45, 7) is 1.59. The van der Waals surface area contributed by atoms with E-state index in [0.717, 1.165) is 12.1 Å². The van der Waals surface area contributed by atoms with Crippen LogP contribution >= 0.6 is 0 Å². The number of aliphatic imine (C=N–C) groups is 1. The molecule has 1 unspecified atom stereocenters. The number of nitrogens with zero attached hydrogens (tertiary/aromatic N) is 2. The predicted molar refractivity (Wildman–Crippen MR) is 84.0 cm³/mol. The number of methoxy groups -OCH3 is 1. The number of rotatable bonds is 7. The van der Waals surface area contributed by atoms with E-state index >= 15 is 0 Å².